The lowest BCUT2D eigenvalue weighted by atomic mass is 9.95. The topological polar surface area (TPSA) is 29.5 Å². The van der Waals surface area contributed by atoms with Gasteiger partial charge in [-0.1, -0.05) is 96.9 Å². The molecule has 0 aromatic heterocycles. The minimum Gasteiger partial charge on any atom is -0.489 e. The summed E-state index contributed by atoms with van der Waals surface area (Å²) in [5.74, 6) is 0.686. The summed E-state index contributed by atoms with van der Waals surface area (Å²) in [6.45, 7) is 7.16. The molecule has 5 rings (SSSR count). The number of hydrogen-bond donors (Lipinski definition) is 0. The Morgan fingerprint density at radius 1 is 0.850 bits per heavy atom. The standard InChI is InChI=1S/C36H36FNO2/c1-26-14-16-28(17-15-26)25-40-35-23-31(34(36(37)39)22-32(35)24-38-20-7-4-8-21-38)19-18-29-12-9-13-33(27(29)2)30-10-5-3-6-11-30/h3,5-6,9-19,22-23H,4,7-8,20-21,24-25H2,1-2H3/b19-18+. The van der Waals surface area contributed by atoms with Crippen molar-refractivity contribution < 1.29 is 13.9 Å². The average Bonchev–Trinajstić information content (AvgIpc) is 2.98. The molecule has 1 heterocycles. The lowest BCUT2D eigenvalue weighted by Gasteiger charge is -2.27. The van der Waals surface area contributed by atoms with Gasteiger partial charge >= 0.3 is 6.04 Å². The molecular weight excluding hydrogens is 497 g/mol. The van der Waals surface area contributed by atoms with E-state index in [2.05, 4.69) is 61.2 Å². The van der Waals surface area contributed by atoms with Crippen molar-refractivity contribution in [1.29, 1.82) is 0 Å². The quantitative estimate of drug-likeness (QED) is 0.159. The second kappa shape index (κ2) is 12.9. The molecule has 0 radical (unpaired) electrons. The Hall–Kier alpha value is -4.02. The third-order valence-electron chi connectivity index (χ3n) is 7.70. The van der Waals surface area contributed by atoms with Crippen molar-refractivity contribution in [2.24, 2.45) is 0 Å². The molecule has 1 saturated heterocycles. The Bertz CT molecular complexity index is 1490. The van der Waals surface area contributed by atoms with E-state index in [0.29, 0.717) is 24.5 Å². The number of carbonyl (C=O) groups excluding carboxylic acids is 1. The number of aryl methyl sites for hydroxylation is 1. The maximum Gasteiger partial charge on any atom is 0.332 e. The summed E-state index contributed by atoms with van der Waals surface area (Å²) in [6.07, 6.45) is 7.31. The van der Waals surface area contributed by atoms with Crippen LogP contribution in [0.3, 0.4) is 0 Å². The first-order valence-electron chi connectivity index (χ1n) is 14.1. The molecule has 0 atom stereocenters. The van der Waals surface area contributed by atoms with Crippen LogP contribution in [-0.2, 0) is 13.2 Å². The van der Waals surface area contributed by atoms with Crippen molar-refractivity contribution >= 4 is 18.2 Å². The number of piperidine rings is 1. The number of benzene rings is 4. The highest BCUT2D eigenvalue weighted by Gasteiger charge is 2.19. The van der Waals surface area contributed by atoms with Gasteiger partial charge < -0.3 is 4.74 Å². The summed E-state index contributed by atoms with van der Waals surface area (Å²) in [5.41, 5.74) is 8.10. The second-order valence-corrected chi connectivity index (χ2v) is 10.7. The van der Waals surface area contributed by atoms with Crippen LogP contribution in [-0.4, -0.2) is 24.0 Å². The molecule has 0 N–H and O–H groups in total. The van der Waals surface area contributed by atoms with E-state index >= 15 is 0 Å². The SMILES string of the molecule is Cc1ccc(COc2cc(/C=C/c3cccc(-c4ccccc4)c3C)c(C(=O)F)cc2CN2CCCCC2)cc1. The molecule has 4 aromatic rings. The van der Waals surface area contributed by atoms with Gasteiger partial charge in [-0.25, -0.2) is 0 Å². The van der Waals surface area contributed by atoms with Crippen LogP contribution in [0.2, 0.25) is 0 Å². The van der Waals surface area contributed by atoms with Crippen LogP contribution in [0.25, 0.3) is 23.3 Å². The van der Waals surface area contributed by atoms with Crippen LogP contribution in [0.4, 0.5) is 4.39 Å². The van der Waals surface area contributed by atoms with Crippen molar-refractivity contribution in [2.75, 3.05) is 13.1 Å². The van der Waals surface area contributed by atoms with E-state index in [1.54, 1.807) is 6.07 Å². The van der Waals surface area contributed by atoms with E-state index < -0.39 is 6.04 Å². The molecule has 1 fully saturated rings. The number of ether oxygens (including phenoxy) is 1. The molecule has 0 aliphatic carbocycles. The zero-order valence-corrected chi connectivity index (χ0v) is 23.3. The number of hydrogen-bond acceptors (Lipinski definition) is 3. The fourth-order valence-corrected chi connectivity index (χ4v) is 5.35. The molecule has 4 aromatic carbocycles. The van der Waals surface area contributed by atoms with Crippen LogP contribution in [0.5, 0.6) is 5.75 Å². The zero-order chi connectivity index (χ0) is 27.9. The summed E-state index contributed by atoms with van der Waals surface area (Å²) in [5, 5.41) is 0. The first-order valence-corrected chi connectivity index (χ1v) is 14.1. The normalized spacial score (nSPS) is 14.0. The van der Waals surface area contributed by atoms with Crippen molar-refractivity contribution in [2.45, 2.75) is 46.3 Å². The lowest BCUT2D eigenvalue weighted by Crippen LogP contribution is -2.29. The molecule has 40 heavy (non-hydrogen) atoms. The summed E-state index contributed by atoms with van der Waals surface area (Å²) >= 11 is 0. The molecular formula is C36H36FNO2. The molecule has 204 valence electrons. The minimum atomic E-state index is -1.43. The first kappa shape index (κ1) is 27.5. The molecule has 0 saturated carbocycles. The Balaban J connectivity index is 1.49. The molecule has 4 heteroatoms. The summed E-state index contributed by atoms with van der Waals surface area (Å²) in [7, 11) is 0. The van der Waals surface area contributed by atoms with E-state index in [-0.39, 0.29) is 5.56 Å². The van der Waals surface area contributed by atoms with E-state index in [1.807, 2.05) is 48.6 Å². The van der Waals surface area contributed by atoms with Gasteiger partial charge in [-0.3, -0.25) is 9.69 Å². The number of nitrogens with zero attached hydrogens (tertiary/aromatic N) is 1. The van der Waals surface area contributed by atoms with Gasteiger partial charge in [0.05, 0.1) is 5.56 Å². The van der Waals surface area contributed by atoms with Gasteiger partial charge in [-0.2, -0.15) is 4.39 Å². The third kappa shape index (κ3) is 6.75. The van der Waals surface area contributed by atoms with Crippen LogP contribution < -0.4 is 4.74 Å². The lowest BCUT2D eigenvalue weighted by molar-refractivity contribution is 0.0835. The van der Waals surface area contributed by atoms with Gasteiger partial charge in [0.15, 0.2) is 0 Å². The number of rotatable bonds is 9. The molecule has 0 amide bonds. The molecule has 1 aliphatic heterocycles. The molecule has 0 bridgehead atoms. The second-order valence-electron chi connectivity index (χ2n) is 10.7. The summed E-state index contributed by atoms with van der Waals surface area (Å²) < 4.78 is 20.8. The Morgan fingerprint density at radius 3 is 2.30 bits per heavy atom. The highest BCUT2D eigenvalue weighted by atomic mass is 19.1. The fourth-order valence-electron chi connectivity index (χ4n) is 5.35. The third-order valence-corrected chi connectivity index (χ3v) is 7.70. The Morgan fingerprint density at radius 2 is 1.57 bits per heavy atom. The van der Waals surface area contributed by atoms with Crippen molar-refractivity contribution in [3.05, 3.63) is 124 Å². The fraction of sp³-hybridized carbons (Fsp3) is 0.250. The summed E-state index contributed by atoms with van der Waals surface area (Å²) in [4.78, 5) is 14.6. The largest absolute Gasteiger partial charge is 0.489 e. The Kier molecular flexibility index (Phi) is 8.87. The van der Waals surface area contributed by atoms with Gasteiger partial charge in [0.25, 0.3) is 0 Å². The molecule has 3 nitrogen and oxygen atoms in total. The van der Waals surface area contributed by atoms with Crippen LogP contribution in [0, 0.1) is 13.8 Å². The van der Waals surface area contributed by atoms with Crippen LogP contribution in [0.15, 0.2) is 84.9 Å². The number of halogens is 1. The van der Waals surface area contributed by atoms with E-state index in [4.69, 9.17) is 4.74 Å². The van der Waals surface area contributed by atoms with Gasteiger partial charge in [0.2, 0.25) is 0 Å². The maximum atomic E-state index is 14.4. The molecule has 0 spiro atoms. The van der Waals surface area contributed by atoms with Gasteiger partial charge in [-0.15, -0.1) is 0 Å². The molecule has 1 aliphatic rings. The van der Waals surface area contributed by atoms with Crippen molar-refractivity contribution in [3.63, 3.8) is 0 Å². The predicted octanol–water partition coefficient (Wildman–Crippen LogP) is 8.82. The first-order chi connectivity index (χ1) is 19.5. The van der Waals surface area contributed by atoms with Crippen LogP contribution in [0.1, 0.15) is 63.0 Å². The number of likely N-dealkylation sites (tertiary alicyclic amines) is 1. The highest BCUT2D eigenvalue weighted by Crippen LogP contribution is 2.31. The van der Waals surface area contributed by atoms with E-state index in [0.717, 1.165) is 59.3 Å². The minimum absolute atomic E-state index is 0.0720. The summed E-state index contributed by atoms with van der Waals surface area (Å²) in [6, 6.07) is 26.7. The molecule has 0 unspecified atom stereocenters. The monoisotopic (exact) mass is 533 g/mol. The van der Waals surface area contributed by atoms with E-state index in [9.17, 15) is 9.18 Å². The average molecular weight is 534 g/mol. The van der Waals surface area contributed by atoms with Gasteiger partial charge in [-0.05, 0) is 85.3 Å². The zero-order valence-electron chi connectivity index (χ0n) is 23.3. The van der Waals surface area contributed by atoms with Crippen molar-refractivity contribution in [3.8, 4) is 16.9 Å². The predicted molar refractivity (Wildman–Crippen MR) is 162 cm³/mol. The van der Waals surface area contributed by atoms with Crippen LogP contribution >= 0.6 is 0 Å². The Labute approximate surface area is 236 Å². The number of carbonyl (C=O) groups is 1. The maximum absolute atomic E-state index is 14.4. The van der Waals surface area contributed by atoms with Crippen molar-refractivity contribution in [1.82, 2.24) is 4.90 Å². The highest BCUT2D eigenvalue weighted by molar-refractivity contribution is 5.95. The van der Waals surface area contributed by atoms with Gasteiger partial charge in [0.1, 0.15) is 12.4 Å². The van der Waals surface area contributed by atoms with E-state index in [1.165, 1.54) is 12.0 Å². The smallest absolute Gasteiger partial charge is 0.332 e. The van der Waals surface area contributed by atoms with Gasteiger partial charge in [0, 0.05) is 12.1 Å².